The van der Waals surface area contributed by atoms with Crippen molar-refractivity contribution in [3.05, 3.63) is 77.0 Å². The molecule has 1 aliphatic carbocycles. The highest BCUT2D eigenvalue weighted by atomic mass is 19.1. The zero-order chi connectivity index (χ0) is 29.5. The van der Waals surface area contributed by atoms with E-state index in [4.69, 9.17) is 19.2 Å². The van der Waals surface area contributed by atoms with Gasteiger partial charge in [0.1, 0.15) is 29.3 Å². The number of carbonyl (C=O) groups is 1. The fourth-order valence-corrected chi connectivity index (χ4v) is 6.01. The number of hydrogen-bond acceptors (Lipinski definition) is 8. The van der Waals surface area contributed by atoms with Crippen molar-refractivity contribution in [2.24, 2.45) is 5.92 Å². The first-order valence-electron chi connectivity index (χ1n) is 14.4. The molecule has 2 aromatic carbocycles. The van der Waals surface area contributed by atoms with Gasteiger partial charge in [0, 0.05) is 42.9 Å². The van der Waals surface area contributed by atoms with Gasteiger partial charge in [-0.05, 0) is 80.1 Å². The molecule has 3 fully saturated rings. The lowest BCUT2D eigenvalue weighted by Crippen LogP contribution is -2.38. The van der Waals surface area contributed by atoms with E-state index in [9.17, 15) is 18.7 Å². The summed E-state index contributed by atoms with van der Waals surface area (Å²) in [6.45, 7) is 6.07. The van der Waals surface area contributed by atoms with Gasteiger partial charge in [-0.3, -0.25) is 4.79 Å². The Kier molecular flexibility index (Phi) is 7.87. The number of pyridine rings is 1. The van der Waals surface area contributed by atoms with E-state index < -0.39 is 30.2 Å². The number of anilines is 1. The summed E-state index contributed by atoms with van der Waals surface area (Å²) in [6.07, 6.45) is -0.205. The Hall–Kier alpha value is -3.60. The van der Waals surface area contributed by atoms with Gasteiger partial charge in [-0.25, -0.2) is 18.7 Å². The molecule has 0 amide bonds. The first-order valence-corrected chi connectivity index (χ1v) is 14.4. The molecule has 0 bridgehead atoms. The highest BCUT2D eigenvalue weighted by Gasteiger charge is 2.45. The summed E-state index contributed by atoms with van der Waals surface area (Å²) in [5, 5.41) is 10.9. The molecule has 3 heterocycles. The van der Waals surface area contributed by atoms with Crippen LogP contribution in [0.4, 0.5) is 14.6 Å². The summed E-state index contributed by atoms with van der Waals surface area (Å²) >= 11 is 0. The van der Waals surface area contributed by atoms with Gasteiger partial charge in [0.2, 0.25) is 6.41 Å². The highest BCUT2D eigenvalue weighted by molar-refractivity contribution is 5.79. The quantitative estimate of drug-likeness (QED) is 0.349. The van der Waals surface area contributed by atoms with Gasteiger partial charge in [0.05, 0.1) is 25.3 Å². The van der Waals surface area contributed by atoms with Crippen LogP contribution in [-0.4, -0.2) is 60.2 Å². The second-order valence-electron chi connectivity index (χ2n) is 11.2. The average molecular weight is 580 g/mol. The third kappa shape index (κ3) is 5.46. The van der Waals surface area contributed by atoms with Crippen molar-refractivity contribution >= 4 is 11.8 Å². The van der Waals surface area contributed by atoms with Crippen LogP contribution in [0.1, 0.15) is 55.5 Å². The van der Waals surface area contributed by atoms with E-state index in [1.165, 1.54) is 12.1 Å². The molecule has 0 spiro atoms. The number of nitrogens with zero attached hydrogens (tertiary/aromatic N) is 3. The van der Waals surface area contributed by atoms with E-state index in [1.807, 2.05) is 37.3 Å². The van der Waals surface area contributed by atoms with Gasteiger partial charge >= 0.3 is 5.97 Å². The number of methoxy groups -OCH3 is 1. The Morgan fingerprint density at radius 2 is 1.83 bits per heavy atom. The molecule has 10 heteroatoms. The molecule has 0 radical (unpaired) electrons. The second kappa shape index (κ2) is 11.6. The Labute approximate surface area is 243 Å². The minimum atomic E-state index is -1.30. The largest absolute Gasteiger partial charge is 0.496 e. The summed E-state index contributed by atoms with van der Waals surface area (Å²) in [5.41, 5.74) is 3.69. The third-order valence-electron chi connectivity index (χ3n) is 8.52. The molecule has 5 atom stereocenters. The number of rotatable bonds is 9. The number of carbonyl (C=O) groups excluding carboxylic acids is 1. The Balaban J connectivity index is 1.34. The maximum Gasteiger partial charge on any atom is 0.309 e. The molecule has 2 aliphatic heterocycles. The number of benzene rings is 2. The van der Waals surface area contributed by atoms with Crippen LogP contribution >= 0.6 is 0 Å². The normalized spacial score (nSPS) is 25.3. The van der Waals surface area contributed by atoms with Crippen molar-refractivity contribution in [2.75, 3.05) is 31.7 Å². The van der Waals surface area contributed by atoms with Crippen molar-refractivity contribution in [1.29, 1.82) is 0 Å². The summed E-state index contributed by atoms with van der Waals surface area (Å²) in [5.74, 6) is -0.157. The molecule has 1 N–H and O–H groups in total. The van der Waals surface area contributed by atoms with E-state index in [0.717, 1.165) is 54.5 Å². The molecule has 8 nitrogen and oxygen atoms in total. The molecular weight excluding hydrogens is 544 g/mol. The van der Waals surface area contributed by atoms with Crippen molar-refractivity contribution < 1.29 is 32.9 Å². The molecular formula is C32H35F2N3O5. The minimum absolute atomic E-state index is 0.0757. The van der Waals surface area contributed by atoms with Gasteiger partial charge in [-0.15, -0.1) is 0 Å². The Morgan fingerprint density at radius 1 is 1.07 bits per heavy atom. The number of esters is 1. The van der Waals surface area contributed by atoms with Gasteiger partial charge < -0.3 is 24.2 Å². The zero-order valence-corrected chi connectivity index (χ0v) is 23.9. The third-order valence-corrected chi connectivity index (χ3v) is 8.52. The summed E-state index contributed by atoms with van der Waals surface area (Å²) in [4.78, 5) is 21.3. The van der Waals surface area contributed by atoms with Gasteiger partial charge in [0.15, 0.2) is 0 Å². The molecule has 222 valence electrons. The van der Waals surface area contributed by atoms with Crippen LogP contribution in [0.2, 0.25) is 0 Å². The maximum atomic E-state index is 14.0. The first-order chi connectivity index (χ1) is 20.3. The van der Waals surface area contributed by atoms with Crippen LogP contribution in [0, 0.1) is 17.6 Å². The molecule has 42 heavy (non-hydrogen) atoms. The summed E-state index contributed by atoms with van der Waals surface area (Å²) in [6, 6.07) is 12.8. The lowest BCUT2D eigenvalue weighted by Gasteiger charge is -2.33. The first kappa shape index (κ1) is 28.5. The van der Waals surface area contributed by atoms with E-state index >= 15 is 0 Å². The van der Waals surface area contributed by atoms with Crippen LogP contribution < -0.4 is 9.64 Å². The standard InChI is InChI=1S/C32H35F2N3O5/c1-4-41-31(38)26-16-24(26)19-6-8-28(40-3)25(14-19)23-7-9-29(36-10-5-11-36)35-27(23)17-37-18(2)30(42-32(37)39)20-12-21(33)15-22(34)13-20/h6-9,12-15,18,24,26,30,32,39H,4-5,10-11,16-17H2,1-3H3/t18-,24+,26+,30-,32?/m0/s1. The van der Waals surface area contributed by atoms with Crippen LogP contribution in [-0.2, 0) is 20.8 Å². The minimum Gasteiger partial charge on any atom is -0.496 e. The van der Waals surface area contributed by atoms with Crippen LogP contribution in [0.5, 0.6) is 5.75 Å². The fourth-order valence-electron chi connectivity index (χ4n) is 6.01. The zero-order valence-electron chi connectivity index (χ0n) is 23.9. The summed E-state index contributed by atoms with van der Waals surface area (Å²) < 4.78 is 44.8. The van der Waals surface area contributed by atoms with Crippen molar-refractivity contribution in [3.63, 3.8) is 0 Å². The lowest BCUT2D eigenvalue weighted by atomic mass is 9.97. The maximum absolute atomic E-state index is 14.0. The number of hydrogen-bond donors (Lipinski definition) is 1. The van der Waals surface area contributed by atoms with E-state index in [1.54, 1.807) is 18.9 Å². The van der Waals surface area contributed by atoms with Crippen molar-refractivity contribution in [1.82, 2.24) is 9.88 Å². The molecule has 1 aromatic heterocycles. The van der Waals surface area contributed by atoms with Crippen LogP contribution in [0.15, 0.2) is 48.5 Å². The van der Waals surface area contributed by atoms with Crippen molar-refractivity contribution in [2.45, 2.75) is 57.7 Å². The van der Waals surface area contributed by atoms with E-state index in [0.29, 0.717) is 23.6 Å². The SMILES string of the molecule is CCOC(=O)[C@@H]1C[C@@H]1c1ccc(OC)c(-c2ccc(N3CCC3)nc2CN2C(O)O[C@H](c3cc(F)cc(F)c3)[C@@H]2C)c1. The number of aromatic nitrogens is 1. The molecule has 1 unspecified atom stereocenters. The number of ether oxygens (including phenoxy) is 3. The van der Waals surface area contributed by atoms with Gasteiger partial charge in [-0.2, -0.15) is 0 Å². The highest BCUT2D eigenvalue weighted by Crippen LogP contribution is 2.50. The molecule has 1 saturated carbocycles. The van der Waals surface area contributed by atoms with Crippen molar-refractivity contribution in [3.8, 4) is 16.9 Å². The number of aliphatic hydroxyl groups is 1. The molecule has 2 saturated heterocycles. The molecule has 6 rings (SSSR count). The number of aliphatic hydroxyl groups excluding tert-OH is 1. The van der Waals surface area contributed by atoms with Gasteiger partial charge in [0.25, 0.3) is 0 Å². The topological polar surface area (TPSA) is 84.4 Å². The molecule has 3 aromatic rings. The summed E-state index contributed by atoms with van der Waals surface area (Å²) in [7, 11) is 1.61. The molecule has 3 aliphatic rings. The lowest BCUT2D eigenvalue weighted by molar-refractivity contribution is -0.154. The van der Waals surface area contributed by atoms with Crippen LogP contribution in [0.3, 0.4) is 0 Å². The smallest absolute Gasteiger partial charge is 0.309 e. The predicted molar refractivity (Wildman–Crippen MR) is 152 cm³/mol. The number of halogens is 2. The van der Waals surface area contributed by atoms with E-state index in [-0.39, 0.29) is 24.3 Å². The average Bonchev–Trinajstić information content (AvgIpc) is 3.69. The van der Waals surface area contributed by atoms with Crippen LogP contribution in [0.25, 0.3) is 11.1 Å². The Bertz CT molecular complexity index is 1460. The predicted octanol–water partition coefficient (Wildman–Crippen LogP) is 5.15. The fraction of sp³-hybridized carbons (Fsp3) is 0.438. The monoisotopic (exact) mass is 579 g/mol. The van der Waals surface area contributed by atoms with Gasteiger partial charge in [-0.1, -0.05) is 6.07 Å². The second-order valence-corrected chi connectivity index (χ2v) is 11.2. The van der Waals surface area contributed by atoms with E-state index in [2.05, 4.69) is 4.90 Å². The Morgan fingerprint density at radius 3 is 2.50 bits per heavy atom.